The minimum atomic E-state index is -0.0698. The third kappa shape index (κ3) is 3.76. The Hall–Kier alpha value is -1.92. The molecule has 3 rings (SSSR count). The third-order valence-electron chi connectivity index (χ3n) is 4.44. The number of nitrogens with zero attached hydrogens (tertiary/aromatic N) is 2. The first kappa shape index (κ1) is 16.9. The molecule has 1 aliphatic heterocycles. The van der Waals surface area contributed by atoms with Gasteiger partial charge < -0.3 is 9.88 Å². The van der Waals surface area contributed by atoms with Crippen molar-refractivity contribution in [1.29, 1.82) is 0 Å². The maximum Gasteiger partial charge on any atom is 0.258 e. The average Bonchev–Trinajstić information content (AvgIpc) is 2.60. The first-order valence-electron chi connectivity index (χ1n) is 8.55. The zero-order valence-electron chi connectivity index (χ0n) is 14.0. The summed E-state index contributed by atoms with van der Waals surface area (Å²) in [6, 6.07) is 10.3. The van der Waals surface area contributed by atoms with E-state index in [1.165, 1.54) is 5.56 Å². The summed E-state index contributed by atoms with van der Waals surface area (Å²) in [6.45, 7) is 5.38. The van der Waals surface area contributed by atoms with Gasteiger partial charge in [-0.1, -0.05) is 43.7 Å². The van der Waals surface area contributed by atoms with Crippen LogP contribution in [-0.4, -0.2) is 27.7 Å². The number of benzene rings is 1. The summed E-state index contributed by atoms with van der Waals surface area (Å²) in [6.07, 6.45) is 3.18. The Labute approximate surface area is 147 Å². The van der Waals surface area contributed by atoms with Gasteiger partial charge in [0.2, 0.25) is 0 Å². The molecule has 0 fully saturated rings. The number of H-pyrrole nitrogens is 1. The number of nitrogens with one attached hydrogen (secondary N) is 2. The largest absolute Gasteiger partial charge is 0.358 e. The zero-order chi connectivity index (χ0) is 16.9. The fourth-order valence-corrected chi connectivity index (χ4v) is 3.34. The van der Waals surface area contributed by atoms with Crippen molar-refractivity contribution in [3.63, 3.8) is 0 Å². The lowest BCUT2D eigenvalue weighted by atomic mass is 10.1. The highest BCUT2D eigenvalue weighted by atomic mass is 32.1. The van der Waals surface area contributed by atoms with Crippen molar-refractivity contribution in [3.8, 4) is 0 Å². The number of aromatic amines is 1. The smallest absolute Gasteiger partial charge is 0.258 e. The maximum absolute atomic E-state index is 12.3. The van der Waals surface area contributed by atoms with Gasteiger partial charge in [-0.2, -0.15) is 0 Å². The molecule has 0 aliphatic carbocycles. The molecule has 24 heavy (non-hydrogen) atoms. The summed E-state index contributed by atoms with van der Waals surface area (Å²) in [5.41, 5.74) is 1.98. The lowest BCUT2D eigenvalue weighted by Gasteiger charge is -2.31. The fourth-order valence-electron chi connectivity index (χ4n) is 3.07. The summed E-state index contributed by atoms with van der Waals surface area (Å²) in [4.78, 5) is 17.4. The van der Waals surface area contributed by atoms with E-state index in [9.17, 15) is 4.79 Å². The van der Waals surface area contributed by atoms with Crippen LogP contribution in [0.15, 0.2) is 35.1 Å². The Balaban J connectivity index is 1.83. The molecule has 128 valence electrons. The quantitative estimate of drug-likeness (QED) is 0.791. The molecular formula is C18H24N4OS. The van der Waals surface area contributed by atoms with E-state index in [4.69, 9.17) is 12.2 Å². The molecule has 1 aliphatic rings. The second kappa shape index (κ2) is 7.77. The first-order chi connectivity index (χ1) is 11.7. The van der Waals surface area contributed by atoms with Crippen molar-refractivity contribution in [2.45, 2.75) is 39.3 Å². The monoisotopic (exact) mass is 344 g/mol. The standard InChI is InChI=1S/C18H24N4OS/c1-2-3-10-21-12-15-16(19-13-21)22(18(24)20-17(15)23)11-9-14-7-5-4-6-8-14/h4-8,19H,2-3,9-13H2,1H3,(H,20,23,24). The molecule has 0 atom stereocenters. The first-order valence-corrected chi connectivity index (χ1v) is 8.96. The van der Waals surface area contributed by atoms with Crippen LogP contribution in [0.25, 0.3) is 0 Å². The second-order valence-electron chi connectivity index (χ2n) is 6.21. The molecule has 0 amide bonds. The van der Waals surface area contributed by atoms with E-state index in [1.54, 1.807) is 0 Å². The molecule has 0 unspecified atom stereocenters. The number of rotatable bonds is 6. The van der Waals surface area contributed by atoms with Gasteiger partial charge >= 0.3 is 0 Å². The SMILES string of the molecule is CCCCN1CNc2c(c(=O)[nH]c(=S)n2CCc2ccccc2)C1. The van der Waals surface area contributed by atoms with E-state index >= 15 is 0 Å². The number of aromatic nitrogens is 2. The van der Waals surface area contributed by atoms with Crippen LogP contribution in [0.5, 0.6) is 0 Å². The predicted molar refractivity (Wildman–Crippen MR) is 99.8 cm³/mol. The van der Waals surface area contributed by atoms with Crippen molar-refractivity contribution in [3.05, 3.63) is 56.6 Å². The summed E-state index contributed by atoms with van der Waals surface area (Å²) >= 11 is 5.39. The van der Waals surface area contributed by atoms with Gasteiger partial charge in [-0.05, 0) is 30.6 Å². The number of anilines is 1. The van der Waals surface area contributed by atoms with Crippen LogP contribution in [-0.2, 0) is 19.5 Å². The Kier molecular flexibility index (Phi) is 5.48. The van der Waals surface area contributed by atoms with E-state index in [2.05, 4.69) is 34.3 Å². The van der Waals surface area contributed by atoms with Crippen LogP contribution in [0.1, 0.15) is 30.9 Å². The van der Waals surface area contributed by atoms with Crippen LogP contribution in [0, 0.1) is 4.77 Å². The minimum absolute atomic E-state index is 0.0698. The fraction of sp³-hybridized carbons (Fsp3) is 0.444. The van der Waals surface area contributed by atoms with Gasteiger partial charge in [0.15, 0.2) is 4.77 Å². The van der Waals surface area contributed by atoms with E-state index in [-0.39, 0.29) is 5.56 Å². The molecule has 2 aromatic rings. The van der Waals surface area contributed by atoms with Gasteiger partial charge in [0, 0.05) is 19.6 Å². The number of hydrogen-bond acceptors (Lipinski definition) is 4. The van der Waals surface area contributed by atoms with Crippen molar-refractivity contribution < 1.29 is 0 Å². The molecule has 0 saturated carbocycles. The van der Waals surface area contributed by atoms with Gasteiger partial charge in [-0.3, -0.25) is 14.7 Å². The number of unbranched alkanes of at least 4 members (excludes halogenated alkanes) is 1. The van der Waals surface area contributed by atoms with Crippen molar-refractivity contribution in [1.82, 2.24) is 14.5 Å². The Morgan fingerprint density at radius 1 is 1.21 bits per heavy atom. The molecule has 0 bridgehead atoms. The van der Waals surface area contributed by atoms with E-state index in [1.807, 2.05) is 22.8 Å². The summed E-state index contributed by atoms with van der Waals surface area (Å²) in [5, 5.41) is 3.41. The predicted octanol–water partition coefficient (Wildman–Crippen LogP) is 3.13. The normalized spacial score (nSPS) is 14.2. The molecular weight excluding hydrogens is 320 g/mol. The molecule has 5 nitrogen and oxygen atoms in total. The van der Waals surface area contributed by atoms with Crippen LogP contribution in [0.2, 0.25) is 0 Å². The Bertz CT molecular complexity index is 797. The highest BCUT2D eigenvalue weighted by molar-refractivity contribution is 7.71. The van der Waals surface area contributed by atoms with E-state index in [0.717, 1.165) is 50.4 Å². The van der Waals surface area contributed by atoms with Crippen LogP contribution >= 0.6 is 12.2 Å². The minimum Gasteiger partial charge on any atom is -0.358 e. The van der Waals surface area contributed by atoms with Gasteiger partial charge in [0.1, 0.15) is 5.82 Å². The number of fused-ring (bicyclic) bond motifs is 1. The van der Waals surface area contributed by atoms with Gasteiger partial charge in [0.05, 0.1) is 12.2 Å². The van der Waals surface area contributed by atoms with Crippen molar-refractivity contribution in [2.24, 2.45) is 0 Å². The second-order valence-corrected chi connectivity index (χ2v) is 6.60. The van der Waals surface area contributed by atoms with Crippen LogP contribution in [0.4, 0.5) is 5.82 Å². The molecule has 0 radical (unpaired) electrons. The van der Waals surface area contributed by atoms with E-state index in [0.29, 0.717) is 11.3 Å². The molecule has 1 aromatic heterocycles. The molecule has 1 aromatic carbocycles. The van der Waals surface area contributed by atoms with Crippen molar-refractivity contribution >= 4 is 18.0 Å². The molecule has 2 N–H and O–H groups in total. The topological polar surface area (TPSA) is 53.1 Å². The average molecular weight is 344 g/mol. The molecule has 0 spiro atoms. The maximum atomic E-state index is 12.3. The van der Waals surface area contributed by atoms with Gasteiger partial charge in [-0.15, -0.1) is 0 Å². The van der Waals surface area contributed by atoms with E-state index < -0.39 is 0 Å². The third-order valence-corrected chi connectivity index (χ3v) is 4.76. The molecule has 2 heterocycles. The molecule has 6 heteroatoms. The lowest BCUT2D eigenvalue weighted by Crippen LogP contribution is -2.39. The van der Waals surface area contributed by atoms with Gasteiger partial charge in [-0.25, -0.2) is 0 Å². The Morgan fingerprint density at radius 3 is 2.75 bits per heavy atom. The van der Waals surface area contributed by atoms with Crippen LogP contribution < -0.4 is 10.9 Å². The van der Waals surface area contributed by atoms with Gasteiger partial charge in [0.25, 0.3) is 5.56 Å². The lowest BCUT2D eigenvalue weighted by molar-refractivity contribution is 0.267. The summed E-state index contributed by atoms with van der Waals surface area (Å²) in [7, 11) is 0. The summed E-state index contributed by atoms with van der Waals surface area (Å²) in [5.74, 6) is 0.882. The highest BCUT2D eigenvalue weighted by Crippen LogP contribution is 2.20. The number of hydrogen-bond donors (Lipinski definition) is 2. The highest BCUT2D eigenvalue weighted by Gasteiger charge is 2.21. The molecule has 0 saturated heterocycles. The summed E-state index contributed by atoms with van der Waals surface area (Å²) < 4.78 is 2.51. The zero-order valence-corrected chi connectivity index (χ0v) is 14.9. The van der Waals surface area contributed by atoms with Crippen LogP contribution in [0.3, 0.4) is 0 Å². The van der Waals surface area contributed by atoms with Crippen molar-refractivity contribution in [2.75, 3.05) is 18.5 Å². The number of aryl methyl sites for hydroxylation is 1. The Morgan fingerprint density at radius 2 is 2.00 bits per heavy atom.